The Morgan fingerprint density at radius 3 is 2.79 bits per heavy atom. The van der Waals surface area contributed by atoms with Crippen LogP contribution in [-0.4, -0.2) is 44.0 Å². The van der Waals surface area contributed by atoms with Crippen LogP contribution < -0.4 is 11.1 Å². The van der Waals surface area contributed by atoms with Crippen molar-refractivity contribution in [2.75, 3.05) is 31.7 Å². The molecule has 0 bridgehead atoms. The van der Waals surface area contributed by atoms with Crippen molar-refractivity contribution in [2.45, 2.75) is 44.9 Å². The first kappa shape index (κ1) is 18.9. The van der Waals surface area contributed by atoms with Crippen molar-refractivity contribution in [1.82, 2.24) is 0 Å². The summed E-state index contributed by atoms with van der Waals surface area (Å²) in [6.45, 7) is 6.63. The van der Waals surface area contributed by atoms with Crippen LogP contribution >= 0.6 is 0 Å². The van der Waals surface area contributed by atoms with Gasteiger partial charge in [-0.15, -0.1) is 0 Å². The molecule has 1 aliphatic rings. The van der Waals surface area contributed by atoms with E-state index in [1.165, 1.54) is 0 Å². The predicted molar refractivity (Wildman–Crippen MR) is 92.8 cm³/mol. The van der Waals surface area contributed by atoms with Gasteiger partial charge in [-0.2, -0.15) is 0 Å². The fourth-order valence-corrected chi connectivity index (χ4v) is 2.49. The fraction of sp³-hybridized carbons (Fsp3) is 0.611. The molecule has 24 heavy (non-hydrogen) atoms. The number of nitrogens with two attached hydrogens (primary N) is 1. The Morgan fingerprint density at radius 1 is 1.33 bits per heavy atom. The maximum Gasteiger partial charge on any atom is 0.244 e. The van der Waals surface area contributed by atoms with E-state index in [1.54, 1.807) is 0 Å². The lowest BCUT2D eigenvalue weighted by Crippen LogP contribution is -2.54. The van der Waals surface area contributed by atoms with Crippen LogP contribution in [0, 0.1) is 0 Å². The molecule has 6 heteroatoms. The number of hydrogen-bond donors (Lipinski definition) is 2. The zero-order chi connectivity index (χ0) is 17.4. The second-order valence-corrected chi connectivity index (χ2v) is 6.40. The van der Waals surface area contributed by atoms with Crippen molar-refractivity contribution in [3.8, 4) is 0 Å². The van der Waals surface area contributed by atoms with Gasteiger partial charge in [-0.05, 0) is 44.4 Å². The summed E-state index contributed by atoms with van der Waals surface area (Å²) in [7, 11) is 0. The van der Waals surface area contributed by atoms with E-state index < -0.39 is 5.54 Å². The summed E-state index contributed by atoms with van der Waals surface area (Å²) in [5, 5.41) is 2.91. The standard InChI is InChI=1S/C18H28N2O4/c1-14(2)24-11-10-23-13-15-4-3-5-16(12-15)20-17(21)18(19)6-8-22-9-7-18/h3-5,12,14H,6-11,13,19H2,1-2H3,(H,20,21). The lowest BCUT2D eigenvalue weighted by Gasteiger charge is -2.31. The van der Waals surface area contributed by atoms with Crippen molar-refractivity contribution >= 4 is 11.6 Å². The van der Waals surface area contributed by atoms with Crippen LogP contribution in [0.3, 0.4) is 0 Å². The molecular formula is C18H28N2O4. The lowest BCUT2D eigenvalue weighted by molar-refractivity contribution is -0.124. The number of carbonyl (C=O) groups excluding carboxylic acids is 1. The van der Waals surface area contributed by atoms with Crippen molar-refractivity contribution in [3.63, 3.8) is 0 Å². The molecule has 0 atom stereocenters. The molecule has 0 aliphatic carbocycles. The van der Waals surface area contributed by atoms with E-state index in [1.807, 2.05) is 38.1 Å². The minimum absolute atomic E-state index is 0.158. The first-order chi connectivity index (χ1) is 11.5. The zero-order valence-electron chi connectivity index (χ0n) is 14.5. The quantitative estimate of drug-likeness (QED) is 0.710. The third kappa shape index (κ3) is 5.87. The molecule has 1 heterocycles. The summed E-state index contributed by atoms with van der Waals surface area (Å²) in [5.41, 5.74) is 7.08. The van der Waals surface area contributed by atoms with Gasteiger partial charge in [0.25, 0.3) is 0 Å². The molecule has 0 spiro atoms. The van der Waals surface area contributed by atoms with Gasteiger partial charge in [0.2, 0.25) is 5.91 Å². The molecule has 134 valence electrons. The summed E-state index contributed by atoms with van der Waals surface area (Å²) >= 11 is 0. The Hall–Kier alpha value is -1.47. The van der Waals surface area contributed by atoms with Crippen LogP contribution in [0.25, 0.3) is 0 Å². The van der Waals surface area contributed by atoms with Crippen LogP contribution in [0.2, 0.25) is 0 Å². The maximum atomic E-state index is 12.4. The minimum atomic E-state index is -0.848. The Morgan fingerprint density at radius 2 is 2.08 bits per heavy atom. The SMILES string of the molecule is CC(C)OCCOCc1cccc(NC(=O)C2(N)CCOCC2)c1. The molecule has 1 aromatic rings. The normalized spacial score (nSPS) is 17.0. The highest BCUT2D eigenvalue weighted by molar-refractivity contribution is 5.98. The molecule has 1 amide bonds. The van der Waals surface area contributed by atoms with Crippen LogP contribution in [0.1, 0.15) is 32.3 Å². The Bertz CT molecular complexity index is 528. The average Bonchev–Trinajstić information content (AvgIpc) is 2.55. The van der Waals surface area contributed by atoms with Gasteiger partial charge in [0.15, 0.2) is 0 Å². The van der Waals surface area contributed by atoms with E-state index in [0.29, 0.717) is 45.9 Å². The first-order valence-corrected chi connectivity index (χ1v) is 8.46. The largest absolute Gasteiger partial charge is 0.381 e. The second-order valence-electron chi connectivity index (χ2n) is 6.40. The molecule has 3 N–H and O–H groups in total. The molecule has 1 saturated heterocycles. The van der Waals surface area contributed by atoms with Crippen molar-refractivity contribution in [3.05, 3.63) is 29.8 Å². The van der Waals surface area contributed by atoms with E-state index in [9.17, 15) is 4.79 Å². The molecule has 1 fully saturated rings. The van der Waals surface area contributed by atoms with Gasteiger partial charge >= 0.3 is 0 Å². The number of ether oxygens (including phenoxy) is 3. The predicted octanol–water partition coefficient (Wildman–Crippen LogP) is 2.07. The topological polar surface area (TPSA) is 82.8 Å². The molecule has 0 unspecified atom stereocenters. The third-order valence-electron chi connectivity index (χ3n) is 3.97. The second kappa shape index (κ2) is 9.13. The number of carbonyl (C=O) groups is 1. The zero-order valence-corrected chi connectivity index (χ0v) is 14.5. The Balaban J connectivity index is 1.82. The average molecular weight is 336 g/mol. The summed E-state index contributed by atoms with van der Waals surface area (Å²) < 4.78 is 16.3. The molecule has 0 aromatic heterocycles. The molecule has 2 rings (SSSR count). The van der Waals surface area contributed by atoms with Gasteiger partial charge in [-0.3, -0.25) is 4.79 Å². The van der Waals surface area contributed by atoms with E-state index in [-0.39, 0.29) is 12.0 Å². The lowest BCUT2D eigenvalue weighted by atomic mass is 9.90. The summed E-state index contributed by atoms with van der Waals surface area (Å²) in [4.78, 5) is 12.4. The monoisotopic (exact) mass is 336 g/mol. The number of hydrogen-bond acceptors (Lipinski definition) is 5. The molecule has 6 nitrogen and oxygen atoms in total. The van der Waals surface area contributed by atoms with E-state index >= 15 is 0 Å². The van der Waals surface area contributed by atoms with Crippen LogP contribution in [0.5, 0.6) is 0 Å². The van der Waals surface area contributed by atoms with Crippen LogP contribution in [0.4, 0.5) is 5.69 Å². The van der Waals surface area contributed by atoms with E-state index in [2.05, 4.69) is 5.32 Å². The van der Waals surface area contributed by atoms with E-state index in [0.717, 1.165) is 11.3 Å². The van der Waals surface area contributed by atoms with Gasteiger partial charge < -0.3 is 25.3 Å². The summed E-state index contributed by atoms with van der Waals surface area (Å²) in [5.74, 6) is -0.158. The number of rotatable bonds is 8. The fourth-order valence-electron chi connectivity index (χ4n) is 2.49. The van der Waals surface area contributed by atoms with E-state index in [4.69, 9.17) is 19.9 Å². The van der Waals surface area contributed by atoms with Crippen LogP contribution in [-0.2, 0) is 25.6 Å². The maximum absolute atomic E-state index is 12.4. The molecular weight excluding hydrogens is 308 g/mol. The number of anilines is 1. The summed E-state index contributed by atoms with van der Waals surface area (Å²) in [6.07, 6.45) is 1.29. The van der Waals surface area contributed by atoms with Gasteiger partial charge in [0, 0.05) is 18.9 Å². The molecule has 1 aliphatic heterocycles. The van der Waals surface area contributed by atoms with Gasteiger partial charge in [-0.25, -0.2) is 0 Å². The van der Waals surface area contributed by atoms with Crippen LogP contribution in [0.15, 0.2) is 24.3 Å². The number of amides is 1. The number of nitrogens with one attached hydrogen (secondary N) is 1. The molecule has 0 saturated carbocycles. The van der Waals surface area contributed by atoms with Gasteiger partial charge in [0.05, 0.1) is 25.9 Å². The smallest absolute Gasteiger partial charge is 0.244 e. The van der Waals surface area contributed by atoms with Gasteiger partial charge in [-0.1, -0.05) is 12.1 Å². The Kier molecular flexibility index (Phi) is 7.17. The highest BCUT2D eigenvalue weighted by Gasteiger charge is 2.35. The minimum Gasteiger partial charge on any atom is -0.381 e. The summed E-state index contributed by atoms with van der Waals surface area (Å²) in [6, 6.07) is 7.62. The van der Waals surface area contributed by atoms with Crippen molar-refractivity contribution in [1.29, 1.82) is 0 Å². The third-order valence-corrected chi connectivity index (χ3v) is 3.97. The van der Waals surface area contributed by atoms with Gasteiger partial charge in [0.1, 0.15) is 5.54 Å². The van der Waals surface area contributed by atoms with Crippen molar-refractivity contribution < 1.29 is 19.0 Å². The first-order valence-electron chi connectivity index (χ1n) is 8.46. The number of benzene rings is 1. The highest BCUT2D eigenvalue weighted by Crippen LogP contribution is 2.20. The highest BCUT2D eigenvalue weighted by atomic mass is 16.5. The molecule has 1 aromatic carbocycles. The Labute approximate surface area is 143 Å². The molecule has 0 radical (unpaired) electrons. The van der Waals surface area contributed by atoms with Crippen molar-refractivity contribution in [2.24, 2.45) is 5.73 Å².